The van der Waals surface area contributed by atoms with Crippen LogP contribution >= 0.6 is 0 Å². The molecule has 22 heavy (non-hydrogen) atoms. The van der Waals surface area contributed by atoms with Gasteiger partial charge in [-0.05, 0) is 31.7 Å². The molecule has 0 atom stereocenters. The minimum Gasteiger partial charge on any atom is -0.496 e. The third-order valence-electron chi connectivity index (χ3n) is 4.33. The van der Waals surface area contributed by atoms with Crippen LogP contribution in [0.25, 0.3) is 16.8 Å². The molecule has 3 aromatic rings. The lowest BCUT2D eigenvalue weighted by atomic mass is 9.97. The second kappa shape index (κ2) is 5.02. The van der Waals surface area contributed by atoms with Gasteiger partial charge in [-0.1, -0.05) is 18.2 Å². The highest BCUT2D eigenvalue weighted by atomic mass is 16.5. The standard InChI is InChI=1S/C17H17N3O2/c1-22-15-9-5-3-6-11(15)13-10-18-20-16(13)19-14-8-4-2-7-12(14)17(20)21/h3,5-6,9-10,18H,2,4,7-8H2,1H3. The minimum absolute atomic E-state index is 0.0286. The zero-order chi connectivity index (χ0) is 15.1. The van der Waals surface area contributed by atoms with Crippen LogP contribution in [0.3, 0.4) is 0 Å². The van der Waals surface area contributed by atoms with Crippen LogP contribution in [0.2, 0.25) is 0 Å². The molecule has 0 fully saturated rings. The topological polar surface area (TPSA) is 59.4 Å². The number of fused-ring (bicyclic) bond motifs is 2. The number of aryl methyl sites for hydroxylation is 1. The predicted molar refractivity (Wildman–Crippen MR) is 84.4 cm³/mol. The molecule has 1 aliphatic carbocycles. The summed E-state index contributed by atoms with van der Waals surface area (Å²) in [5.41, 5.74) is 4.34. The zero-order valence-electron chi connectivity index (χ0n) is 12.4. The lowest BCUT2D eigenvalue weighted by Crippen LogP contribution is -2.24. The Kier molecular flexibility index (Phi) is 2.99. The molecule has 112 valence electrons. The number of hydrogen-bond acceptors (Lipinski definition) is 3. The Balaban J connectivity index is 2.01. The highest BCUT2D eigenvalue weighted by molar-refractivity contribution is 5.81. The highest BCUT2D eigenvalue weighted by Crippen LogP contribution is 2.32. The third kappa shape index (κ3) is 1.85. The third-order valence-corrected chi connectivity index (χ3v) is 4.33. The average molecular weight is 295 g/mol. The Labute approximate surface area is 127 Å². The molecule has 1 N–H and O–H groups in total. The van der Waals surface area contributed by atoms with Gasteiger partial charge in [0.25, 0.3) is 5.56 Å². The molecule has 0 unspecified atom stereocenters. The van der Waals surface area contributed by atoms with Crippen molar-refractivity contribution >= 4 is 5.65 Å². The Hall–Kier alpha value is -2.56. The normalized spacial score (nSPS) is 14.0. The fraction of sp³-hybridized carbons (Fsp3) is 0.294. The van der Waals surface area contributed by atoms with E-state index < -0.39 is 0 Å². The molecule has 0 saturated carbocycles. The van der Waals surface area contributed by atoms with Gasteiger partial charge < -0.3 is 4.74 Å². The number of aromatic amines is 1. The lowest BCUT2D eigenvalue weighted by Gasteiger charge is -2.14. The molecule has 0 bridgehead atoms. The first-order chi connectivity index (χ1) is 10.8. The SMILES string of the molecule is COc1ccccc1-c1c[nH]n2c(=O)c3c(nc12)CCCC3. The summed E-state index contributed by atoms with van der Waals surface area (Å²) in [4.78, 5) is 17.4. The minimum atomic E-state index is 0.0286. The number of aromatic nitrogens is 3. The predicted octanol–water partition coefficient (Wildman–Crippen LogP) is 2.58. The number of benzene rings is 1. The van der Waals surface area contributed by atoms with Gasteiger partial charge in [-0.2, -0.15) is 0 Å². The van der Waals surface area contributed by atoms with Crippen LogP contribution < -0.4 is 10.3 Å². The maximum atomic E-state index is 12.6. The number of methoxy groups -OCH3 is 1. The molecule has 0 saturated heterocycles. The Bertz CT molecular complexity index is 908. The summed E-state index contributed by atoms with van der Waals surface area (Å²) >= 11 is 0. The van der Waals surface area contributed by atoms with Crippen molar-refractivity contribution in [1.82, 2.24) is 14.6 Å². The summed E-state index contributed by atoms with van der Waals surface area (Å²) in [5, 5.41) is 3.04. The van der Waals surface area contributed by atoms with Crippen molar-refractivity contribution < 1.29 is 4.74 Å². The molecule has 4 rings (SSSR count). The number of ether oxygens (including phenoxy) is 1. The molecule has 5 heteroatoms. The molecule has 0 amide bonds. The molecule has 1 aliphatic rings. The Morgan fingerprint density at radius 3 is 2.86 bits per heavy atom. The summed E-state index contributed by atoms with van der Waals surface area (Å²) in [5.74, 6) is 0.774. The largest absolute Gasteiger partial charge is 0.496 e. The van der Waals surface area contributed by atoms with Crippen LogP contribution in [0.15, 0.2) is 35.3 Å². The monoisotopic (exact) mass is 295 g/mol. The maximum absolute atomic E-state index is 12.6. The number of para-hydroxylation sites is 1. The van der Waals surface area contributed by atoms with Crippen molar-refractivity contribution in [2.45, 2.75) is 25.7 Å². The van der Waals surface area contributed by atoms with E-state index in [1.807, 2.05) is 30.5 Å². The molecule has 2 aromatic heterocycles. The first-order valence-corrected chi connectivity index (χ1v) is 7.55. The van der Waals surface area contributed by atoms with Crippen LogP contribution in [0.4, 0.5) is 0 Å². The van der Waals surface area contributed by atoms with E-state index in [0.29, 0.717) is 5.65 Å². The van der Waals surface area contributed by atoms with Gasteiger partial charge in [-0.3, -0.25) is 9.89 Å². The maximum Gasteiger partial charge on any atom is 0.276 e. The zero-order valence-corrected chi connectivity index (χ0v) is 12.4. The molecule has 5 nitrogen and oxygen atoms in total. The number of nitrogens with one attached hydrogen (secondary N) is 1. The Morgan fingerprint density at radius 2 is 2.00 bits per heavy atom. The van der Waals surface area contributed by atoms with Crippen molar-refractivity contribution in [3.05, 3.63) is 52.1 Å². The summed E-state index contributed by atoms with van der Waals surface area (Å²) < 4.78 is 6.98. The number of rotatable bonds is 2. The molecule has 0 spiro atoms. The summed E-state index contributed by atoms with van der Waals surface area (Å²) in [6, 6.07) is 7.78. The van der Waals surface area contributed by atoms with E-state index in [2.05, 4.69) is 5.10 Å². The van der Waals surface area contributed by atoms with Gasteiger partial charge in [0, 0.05) is 22.9 Å². The molecular weight excluding hydrogens is 278 g/mol. The summed E-state index contributed by atoms with van der Waals surface area (Å²) in [7, 11) is 1.65. The number of nitrogens with zero attached hydrogens (tertiary/aromatic N) is 2. The van der Waals surface area contributed by atoms with Crippen LogP contribution in [-0.4, -0.2) is 21.7 Å². The molecular formula is C17H17N3O2. The number of H-pyrrole nitrogens is 1. The van der Waals surface area contributed by atoms with E-state index in [0.717, 1.165) is 53.8 Å². The van der Waals surface area contributed by atoms with Crippen molar-refractivity contribution in [1.29, 1.82) is 0 Å². The van der Waals surface area contributed by atoms with Crippen molar-refractivity contribution in [2.75, 3.05) is 7.11 Å². The van der Waals surface area contributed by atoms with Crippen LogP contribution in [-0.2, 0) is 12.8 Å². The second-order valence-corrected chi connectivity index (χ2v) is 5.60. The van der Waals surface area contributed by atoms with Crippen LogP contribution in [0, 0.1) is 0 Å². The van der Waals surface area contributed by atoms with Gasteiger partial charge in [0.05, 0.1) is 12.8 Å². The summed E-state index contributed by atoms with van der Waals surface area (Å²) in [6.45, 7) is 0. The van der Waals surface area contributed by atoms with Gasteiger partial charge in [-0.15, -0.1) is 0 Å². The second-order valence-electron chi connectivity index (χ2n) is 5.60. The number of hydrogen-bond donors (Lipinski definition) is 1. The van der Waals surface area contributed by atoms with E-state index >= 15 is 0 Å². The quantitative estimate of drug-likeness (QED) is 0.790. The Morgan fingerprint density at radius 1 is 1.18 bits per heavy atom. The van der Waals surface area contributed by atoms with E-state index in [-0.39, 0.29) is 5.56 Å². The van der Waals surface area contributed by atoms with Gasteiger partial charge in [0.2, 0.25) is 0 Å². The first-order valence-electron chi connectivity index (χ1n) is 7.55. The van der Waals surface area contributed by atoms with E-state index in [1.165, 1.54) is 0 Å². The van der Waals surface area contributed by atoms with Crippen molar-refractivity contribution in [2.24, 2.45) is 0 Å². The molecule has 1 aromatic carbocycles. The fourth-order valence-corrected chi connectivity index (χ4v) is 3.21. The molecule has 0 radical (unpaired) electrons. The highest BCUT2D eigenvalue weighted by Gasteiger charge is 2.20. The summed E-state index contributed by atoms with van der Waals surface area (Å²) in [6.07, 6.45) is 5.71. The van der Waals surface area contributed by atoms with E-state index in [1.54, 1.807) is 11.6 Å². The van der Waals surface area contributed by atoms with E-state index in [9.17, 15) is 4.79 Å². The van der Waals surface area contributed by atoms with Crippen LogP contribution in [0.5, 0.6) is 5.75 Å². The molecule has 2 heterocycles. The van der Waals surface area contributed by atoms with E-state index in [4.69, 9.17) is 9.72 Å². The van der Waals surface area contributed by atoms with Crippen LogP contribution in [0.1, 0.15) is 24.1 Å². The smallest absolute Gasteiger partial charge is 0.276 e. The average Bonchev–Trinajstić information content (AvgIpc) is 2.99. The lowest BCUT2D eigenvalue weighted by molar-refractivity contribution is 0.416. The van der Waals surface area contributed by atoms with Gasteiger partial charge >= 0.3 is 0 Å². The van der Waals surface area contributed by atoms with Crippen molar-refractivity contribution in [3.63, 3.8) is 0 Å². The van der Waals surface area contributed by atoms with Gasteiger partial charge in [0.1, 0.15) is 5.75 Å². The molecule has 0 aliphatic heterocycles. The van der Waals surface area contributed by atoms with Gasteiger partial charge in [0.15, 0.2) is 5.65 Å². The van der Waals surface area contributed by atoms with Gasteiger partial charge in [-0.25, -0.2) is 9.50 Å². The van der Waals surface area contributed by atoms with Crippen molar-refractivity contribution in [3.8, 4) is 16.9 Å². The first kappa shape index (κ1) is 13.1. The fourth-order valence-electron chi connectivity index (χ4n) is 3.21.